The van der Waals surface area contributed by atoms with Gasteiger partial charge in [0.25, 0.3) is 0 Å². The van der Waals surface area contributed by atoms with Gasteiger partial charge in [-0.25, -0.2) is 4.39 Å². The molecular weight excluding hydrogens is 203 g/mol. The summed E-state index contributed by atoms with van der Waals surface area (Å²) in [7, 11) is 2.07. The molecule has 1 heterocycles. The molecule has 0 bridgehead atoms. The molecule has 0 saturated carbocycles. The van der Waals surface area contributed by atoms with Crippen molar-refractivity contribution in [3.63, 3.8) is 0 Å². The van der Waals surface area contributed by atoms with Gasteiger partial charge in [-0.3, -0.25) is 0 Å². The number of anilines is 1. The van der Waals surface area contributed by atoms with Crippen LogP contribution < -0.4 is 10.2 Å². The zero-order valence-electron chi connectivity index (χ0n) is 9.96. The summed E-state index contributed by atoms with van der Waals surface area (Å²) in [6.07, 6.45) is 1.24. The third-order valence-electron chi connectivity index (χ3n) is 3.28. The number of nitrogens with zero attached hydrogens (tertiary/aromatic N) is 1. The molecule has 2 rings (SSSR count). The first-order valence-electron chi connectivity index (χ1n) is 5.85. The van der Waals surface area contributed by atoms with Crippen molar-refractivity contribution < 1.29 is 4.39 Å². The molecule has 2 nitrogen and oxygen atoms in total. The Morgan fingerprint density at radius 1 is 1.50 bits per heavy atom. The predicted octanol–water partition coefficient (Wildman–Crippen LogP) is 2.18. The fourth-order valence-electron chi connectivity index (χ4n) is 2.23. The van der Waals surface area contributed by atoms with E-state index < -0.39 is 0 Å². The highest BCUT2D eigenvalue weighted by Gasteiger charge is 2.16. The lowest BCUT2D eigenvalue weighted by Gasteiger charge is -2.23. The first-order valence-corrected chi connectivity index (χ1v) is 5.85. The average Bonchev–Trinajstić information content (AvgIpc) is 2.74. The molecule has 0 spiro atoms. The summed E-state index contributed by atoms with van der Waals surface area (Å²) in [6, 6.07) is 5.32. The van der Waals surface area contributed by atoms with Crippen LogP contribution in [-0.2, 0) is 0 Å². The van der Waals surface area contributed by atoms with E-state index in [0.717, 1.165) is 31.2 Å². The van der Waals surface area contributed by atoms with Crippen molar-refractivity contribution in [2.75, 3.05) is 31.6 Å². The van der Waals surface area contributed by atoms with E-state index in [1.54, 1.807) is 6.07 Å². The third kappa shape index (κ3) is 2.53. The molecule has 0 amide bonds. The smallest absolute Gasteiger partial charge is 0.126 e. The molecule has 1 atom stereocenters. The van der Waals surface area contributed by atoms with Crippen LogP contribution in [0.15, 0.2) is 18.2 Å². The largest absolute Gasteiger partial charge is 0.374 e. The number of benzene rings is 1. The number of halogens is 1. The Bertz CT molecular complexity index is 359. The molecule has 0 aromatic heterocycles. The molecule has 3 heteroatoms. The Morgan fingerprint density at radius 3 is 2.94 bits per heavy atom. The third-order valence-corrected chi connectivity index (χ3v) is 3.28. The van der Waals surface area contributed by atoms with Crippen molar-refractivity contribution in [1.82, 2.24) is 5.32 Å². The Labute approximate surface area is 96.5 Å². The van der Waals surface area contributed by atoms with Gasteiger partial charge in [-0.15, -0.1) is 0 Å². The SMILES string of the molecule is Cc1cc(N(C)CC2CCNC2)ccc1F. The quantitative estimate of drug-likeness (QED) is 0.843. The van der Waals surface area contributed by atoms with Gasteiger partial charge >= 0.3 is 0 Å². The van der Waals surface area contributed by atoms with Crippen molar-refractivity contribution in [3.05, 3.63) is 29.6 Å². The fourth-order valence-corrected chi connectivity index (χ4v) is 2.23. The van der Waals surface area contributed by atoms with E-state index in [4.69, 9.17) is 0 Å². The van der Waals surface area contributed by atoms with Gasteiger partial charge in [0.05, 0.1) is 0 Å². The topological polar surface area (TPSA) is 15.3 Å². The van der Waals surface area contributed by atoms with Crippen molar-refractivity contribution in [1.29, 1.82) is 0 Å². The Morgan fingerprint density at radius 2 is 2.31 bits per heavy atom. The van der Waals surface area contributed by atoms with Crippen LogP contribution in [0.1, 0.15) is 12.0 Å². The van der Waals surface area contributed by atoms with Crippen LogP contribution in [0.2, 0.25) is 0 Å². The Kier molecular flexibility index (Phi) is 3.44. The van der Waals surface area contributed by atoms with Gasteiger partial charge in [0, 0.05) is 19.3 Å². The maximum atomic E-state index is 13.1. The molecule has 1 N–H and O–H groups in total. The van der Waals surface area contributed by atoms with Crippen LogP contribution in [0.5, 0.6) is 0 Å². The van der Waals surface area contributed by atoms with Crippen LogP contribution >= 0.6 is 0 Å². The lowest BCUT2D eigenvalue weighted by molar-refractivity contribution is 0.577. The van der Waals surface area contributed by atoms with Gasteiger partial charge in [-0.1, -0.05) is 0 Å². The van der Waals surface area contributed by atoms with E-state index in [1.807, 2.05) is 19.1 Å². The maximum absolute atomic E-state index is 13.1. The molecule has 1 fully saturated rings. The second-order valence-corrected chi connectivity index (χ2v) is 4.67. The highest BCUT2D eigenvalue weighted by Crippen LogP contribution is 2.19. The minimum atomic E-state index is -0.125. The first kappa shape index (κ1) is 11.4. The molecule has 1 saturated heterocycles. The van der Waals surface area contributed by atoms with E-state index >= 15 is 0 Å². The van der Waals surface area contributed by atoms with Gasteiger partial charge in [-0.2, -0.15) is 0 Å². The number of hydrogen-bond donors (Lipinski definition) is 1. The number of rotatable bonds is 3. The number of hydrogen-bond acceptors (Lipinski definition) is 2. The van der Waals surface area contributed by atoms with E-state index in [-0.39, 0.29) is 5.82 Å². The molecule has 1 aromatic rings. The standard InChI is InChI=1S/C13H19FN2/c1-10-7-12(3-4-13(10)14)16(2)9-11-5-6-15-8-11/h3-4,7,11,15H,5-6,8-9H2,1-2H3. The van der Waals surface area contributed by atoms with E-state index in [2.05, 4.69) is 17.3 Å². The van der Waals surface area contributed by atoms with Crippen LogP contribution in [0.25, 0.3) is 0 Å². The van der Waals surface area contributed by atoms with Crippen molar-refractivity contribution in [3.8, 4) is 0 Å². The summed E-state index contributed by atoms with van der Waals surface area (Å²) >= 11 is 0. The molecule has 1 aromatic carbocycles. The van der Waals surface area contributed by atoms with E-state index in [0.29, 0.717) is 5.56 Å². The lowest BCUT2D eigenvalue weighted by atomic mass is 10.1. The van der Waals surface area contributed by atoms with E-state index in [9.17, 15) is 4.39 Å². The van der Waals surface area contributed by atoms with Gasteiger partial charge < -0.3 is 10.2 Å². The van der Waals surface area contributed by atoms with E-state index in [1.165, 1.54) is 6.42 Å². The number of aryl methyl sites for hydroxylation is 1. The summed E-state index contributed by atoms with van der Waals surface area (Å²) in [5, 5.41) is 3.36. The average molecular weight is 222 g/mol. The second-order valence-electron chi connectivity index (χ2n) is 4.67. The normalized spacial score (nSPS) is 20.1. The highest BCUT2D eigenvalue weighted by atomic mass is 19.1. The molecule has 1 unspecified atom stereocenters. The monoisotopic (exact) mass is 222 g/mol. The van der Waals surface area contributed by atoms with Crippen molar-refractivity contribution in [2.45, 2.75) is 13.3 Å². The van der Waals surface area contributed by atoms with Crippen molar-refractivity contribution in [2.24, 2.45) is 5.92 Å². The highest BCUT2D eigenvalue weighted by molar-refractivity contribution is 5.48. The number of nitrogens with one attached hydrogen (secondary N) is 1. The summed E-state index contributed by atoms with van der Waals surface area (Å²) in [5.41, 5.74) is 1.82. The Balaban J connectivity index is 2.02. The summed E-state index contributed by atoms with van der Waals surface area (Å²) < 4.78 is 13.1. The van der Waals surface area contributed by atoms with Gasteiger partial charge in [0.1, 0.15) is 5.82 Å². The predicted molar refractivity (Wildman–Crippen MR) is 65.4 cm³/mol. The zero-order valence-corrected chi connectivity index (χ0v) is 9.96. The molecule has 88 valence electrons. The molecule has 16 heavy (non-hydrogen) atoms. The van der Waals surface area contributed by atoms with Crippen LogP contribution in [0.3, 0.4) is 0 Å². The fraction of sp³-hybridized carbons (Fsp3) is 0.538. The molecule has 1 aliphatic rings. The summed E-state index contributed by atoms with van der Waals surface area (Å²) in [5.74, 6) is 0.593. The van der Waals surface area contributed by atoms with Gasteiger partial charge in [-0.05, 0) is 56.1 Å². The summed E-state index contributed by atoms with van der Waals surface area (Å²) in [6.45, 7) is 5.08. The van der Waals surface area contributed by atoms with Crippen LogP contribution in [-0.4, -0.2) is 26.7 Å². The second kappa shape index (κ2) is 4.83. The Hall–Kier alpha value is -1.09. The van der Waals surface area contributed by atoms with Crippen LogP contribution in [0.4, 0.5) is 10.1 Å². The summed E-state index contributed by atoms with van der Waals surface area (Å²) in [4.78, 5) is 2.21. The maximum Gasteiger partial charge on any atom is 0.126 e. The zero-order chi connectivity index (χ0) is 11.5. The minimum Gasteiger partial charge on any atom is -0.374 e. The molecule has 1 aliphatic heterocycles. The minimum absolute atomic E-state index is 0.125. The lowest BCUT2D eigenvalue weighted by Crippen LogP contribution is -2.26. The van der Waals surface area contributed by atoms with Gasteiger partial charge in [0.15, 0.2) is 0 Å². The van der Waals surface area contributed by atoms with Crippen LogP contribution in [0, 0.1) is 18.7 Å². The van der Waals surface area contributed by atoms with Gasteiger partial charge in [0.2, 0.25) is 0 Å². The van der Waals surface area contributed by atoms with Crippen molar-refractivity contribution >= 4 is 5.69 Å². The molecular formula is C13H19FN2. The molecule has 0 radical (unpaired) electrons. The molecule has 0 aliphatic carbocycles. The first-order chi connectivity index (χ1) is 7.66.